The van der Waals surface area contributed by atoms with Crippen molar-refractivity contribution < 1.29 is 0 Å². The molecule has 0 aromatic rings. The highest BCUT2D eigenvalue weighted by molar-refractivity contribution is 4.43. The van der Waals surface area contributed by atoms with Gasteiger partial charge in [0.1, 0.15) is 0 Å². The number of hydrogen-bond donors (Lipinski definition) is 0. The summed E-state index contributed by atoms with van der Waals surface area (Å²) < 4.78 is 0. The molecule has 0 radical (unpaired) electrons. The van der Waals surface area contributed by atoms with Crippen molar-refractivity contribution >= 4 is 0 Å². The van der Waals surface area contributed by atoms with E-state index in [0.717, 1.165) is 0 Å². The second-order valence-corrected chi connectivity index (χ2v) is 3.12. The first-order valence-corrected chi connectivity index (χ1v) is 4.91. The molecule has 0 heterocycles. The lowest BCUT2D eigenvalue weighted by atomic mass is 10.1. The van der Waals surface area contributed by atoms with Gasteiger partial charge >= 0.3 is 0 Å². The van der Waals surface area contributed by atoms with Crippen LogP contribution in [-0.2, 0) is 0 Å². The zero-order valence-electron chi connectivity index (χ0n) is 7.66. The molecule has 0 N–H and O–H groups in total. The van der Waals surface area contributed by atoms with Gasteiger partial charge in [0.25, 0.3) is 0 Å². The van der Waals surface area contributed by atoms with Gasteiger partial charge in [0.2, 0.25) is 0 Å². The maximum Gasteiger partial charge on any atom is -0.0533 e. The number of unbranched alkanes of at least 4 members (excludes halogenated alkanes) is 7. The number of hydrogen-bond acceptors (Lipinski definition) is 0. The maximum absolute atomic E-state index is 2.27. The predicted molar refractivity (Wildman–Crippen MR) is 61.7 cm³/mol. The van der Waals surface area contributed by atoms with Gasteiger partial charge < -0.3 is 0 Å². The molecule has 78 valence electrons. The first kappa shape index (κ1) is 17.9. The molecule has 0 unspecified atom stereocenters. The van der Waals surface area contributed by atoms with E-state index in [-0.39, 0.29) is 14.9 Å². The van der Waals surface area contributed by atoms with E-state index in [1.165, 1.54) is 51.4 Å². The minimum absolute atomic E-state index is 0. The van der Waals surface area contributed by atoms with Gasteiger partial charge in [-0.05, 0) is 0 Å². The fourth-order valence-corrected chi connectivity index (χ4v) is 1.21. The van der Waals surface area contributed by atoms with Gasteiger partial charge in [-0.1, -0.05) is 80.1 Å². The van der Waals surface area contributed by atoms with Crippen LogP contribution in [0.1, 0.15) is 80.1 Å². The normalized spacial score (nSPS) is 8.50. The predicted octanol–water partition coefficient (Wildman–Crippen LogP) is 5.42. The summed E-state index contributed by atoms with van der Waals surface area (Å²) in [5.74, 6) is 0. The van der Waals surface area contributed by atoms with Crippen molar-refractivity contribution in [2.45, 2.75) is 80.1 Å². The van der Waals surface area contributed by atoms with Crippen molar-refractivity contribution in [1.82, 2.24) is 0 Å². The summed E-state index contributed by atoms with van der Waals surface area (Å²) in [4.78, 5) is 0. The quantitative estimate of drug-likeness (QED) is 0.452. The van der Waals surface area contributed by atoms with Gasteiger partial charge in [0, 0.05) is 0 Å². The van der Waals surface area contributed by atoms with Crippen LogP contribution in [0.5, 0.6) is 0 Å². The van der Waals surface area contributed by atoms with E-state index >= 15 is 0 Å². The highest BCUT2D eigenvalue weighted by Crippen LogP contribution is 2.07. The molecule has 0 bridgehead atoms. The van der Waals surface area contributed by atoms with Crippen molar-refractivity contribution in [2.75, 3.05) is 0 Å². The molecule has 0 aliphatic carbocycles. The standard InChI is InChI=1S/C10H22.2CH4/c1-3-5-7-9-10-8-6-4-2;;/h3-10H2,1-2H3;2*1H4. The Morgan fingerprint density at radius 3 is 1.00 bits per heavy atom. The lowest BCUT2D eigenvalue weighted by molar-refractivity contribution is 0.585. The molecule has 0 fully saturated rings. The summed E-state index contributed by atoms with van der Waals surface area (Å²) in [6.07, 6.45) is 11.5. The van der Waals surface area contributed by atoms with Gasteiger partial charge in [0.15, 0.2) is 0 Å². The van der Waals surface area contributed by atoms with E-state index in [1.54, 1.807) is 0 Å². The molecule has 0 rings (SSSR count). The lowest BCUT2D eigenvalue weighted by Crippen LogP contribution is -1.77. The van der Waals surface area contributed by atoms with Crippen LogP contribution in [0.3, 0.4) is 0 Å². The van der Waals surface area contributed by atoms with Crippen LogP contribution in [-0.4, -0.2) is 0 Å². The first-order chi connectivity index (χ1) is 4.91. The van der Waals surface area contributed by atoms with Crippen LogP contribution in [0.4, 0.5) is 0 Å². The van der Waals surface area contributed by atoms with E-state index in [4.69, 9.17) is 0 Å². The summed E-state index contributed by atoms with van der Waals surface area (Å²) in [5.41, 5.74) is 0. The van der Waals surface area contributed by atoms with Crippen LogP contribution < -0.4 is 0 Å². The fraction of sp³-hybridized carbons (Fsp3) is 1.00. The van der Waals surface area contributed by atoms with Crippen LogP contribution in [0, 0.1) is 0 Å². The Hall–Kier alpha value is 0. The molecule has 0 spiro atoms. The molecule has 12 heavy (non-hydrogen) atoms. The second kappa shape index (κ2) is 17.2. The summed E-state index contributed by atoms with van der Waals surface area (Å²) in [7, 11) is 0. The van der Waals surface area contributed by atoms with E-state index in [9.17, 15) is 0 Å². The Balaban J connectivity index is -0.000000405. The van der Waals surface area contributed by atoms with Crippen molar-refractivity contribution in [3.63, 3.8) is 0 Å². The highest BCUT2D eigenvalue weighted by Gasteiger charge is 1.87. The Labute approximate surface area is 80.8 Å². The minimum atomic E-state index is 0. The maximum atomic E-state index is 2.27. The zero-order valence-corrected chi connectivity index (χ0v) is 7.66. The smallest absolute Gasteiger partial charge is 0.0533 e. The Bertz CT molecular complexity index is 40.0. The third kappa shape index (κ3) is 16.5. The second-order valence-electron chi connectivity index (χ2n) is 3.12. The molecule has 0 nitrogen and oxygen atoms in total. The lowest BCUT2D eigenvalue weighted by Gasteiger charge is -1.97. The molecule has 0 amide bonds. The molecule has 0 aromatic carbocycles. The molecular formula is C12H30. The zero-order chi connectivity index (χ0) is 7.66. The Morgan fingerprint density at radius 2 is 0.750 bits per heavy atom. The topological polar surface area (TPSA) is 0 Å². The average Bonchev–Trinajstić information content (AvgIpc) is 1.97. The van der Waals surface area contributed by atoms with Gasteiger partial charge in [-0.2, -0.15) is 0 Å². The van der Waals surface area contributed by atoms with Gasteiger partial charge in [-0.3, -0.25) is 0 Å². The molecule has 0 aliphatic heterocycles. The van der Waals surface area contributed by atoms with Crippen LogP contribution in [0.25, 0.3) is 0 Å². The van der Waals surface area contributed by atoms with Crippen molar-refractivity contribution in [1.29, 1.82) is 0 Å². The molecule has 0 atom stereocenters. The molecular weight excluding hydrogens is 144 g/mol. The summed E-state index contributed by atoms with van der Waals surface area (Å²) in [6, 6.07) is 0. The average molecular weight is 174 g/mol. The largest absolute Gasteiger partial charge is 0.0776 e. The van der Waals surface area contributed by atoms with Gasteiger partial charge in [0.05, 0.1) is 0 Å². The SMILES string of the molecule is C.C.CCCCCCCCCC. The molecule has 0 aromatic heterocycles. The Morgan fingerprint density at radius 1 is 0.500 bits per heavy atom. The van der Waals surface area contributed by atoms with E-state index in [2.05, 4.69) is 13.8 Å². The molecule has 0 saturated carbocycles. The third-order valence-electron chi connectivity index (χ3n) is 1.96. The van der Waals surface area contributed by atoms with E-state index in [1.807, 2.05) is 0 Å². The minimum Gasteiger partial charge on any atom is -0.0776 e. The number of rotatable bonds is 7. The van der Waals surface area contributed by atoms with E-state index in [0.29, 0.717) is 0 Å². The summed E-state index contributed by atoms with van der Waals surface area (Å²) in [6.45, 7) is 4.54. The molecule has 0 saturated heterocycles. The van der Waals surface area contributed by atoms with Crippen molar-refractivity contribution in [2.24, 2.45) is 0 Å². The van der Waals surface area contributed by atoms with Crippen LogP contribution in [0.2, 0.25) is 0 Å². The molecule has 0 heteroatoms. The van der Waals surface area contributed by atoms with Crippen LogP contribution in [0.15, 0.2) is 0 Å². The fourth-order valence-electron chi connectivity index (χ4n) is 1.21. The monoisotopic (exact) mass is 174 g/mol. The van der Waals surface area contributed by atoms with Gasteiger partial charge in [-0.25, -0.2) is 0 Å². The molecule has 0 aliphatic rings. The third-order valence-corrected chi connectivity index (χ3v) is 1.96. The highest BCUT2D eigenvalue weighted by atomic mass is 13.9. The van der Waals surface area contributed by atoms with Crippen molar-refractivity contribution in [3.8, 4) is 0 Å². The summed E-state index contributed by atoms with van der Waals surface area (Å²) >= 11 is 0. The van der Waals surface area contributed by atoms with Crippen LogP contribution >= 0.6 is 0 Å². The van der Waals surface area contributed by atoms with Crippen molar-refractivity contribution in [3.05, 3.63) is 0 Å². The van der Waals surface area contributed by atoms with E-state index < -0.39 is 0 Å². The Kier molecular flexibility index (Phi) is 25.7. The van der Waals surface area contributed by atoms with Gasteiger partial charge in [-0.15, -0.1) is 0 Å². The summed E-state index contributed by atoms with van der Waals surface area (Å²) in [5, 5.41) is 0. The first-order valence-electron chi connectivity index (χ1n) is 4.91.